The highest BCUT2D eigenvalue weighted by molar-refractivity contribution is 5.91. The van der Waals surface area contributed by atoms with E-state index >= 15 is 0 Å². The summed E-state index contributed by atoms with van der Waals surface area (Å²) in [4.78, 5) is 22.7. The summed E-state index contributed by atoms with van der Waals surface area (Å²) in [6.45, 7) is 1.16. The van der Waals surface area contributed by atoms with Crippen molar-refractivity contribution in [3.05, 3.63) is 59.7 Å². The minimum absolute atomic E-state index is 0.0574. The first kappa shape index (κ1) is 20.3. The second-order valence-electron chi connectivity index (χ2n) is 6.00. The molecule has 144 valence electrons. The maximum atomic E-state index is 12.6. The molecule has 5 nitrogen and oxygen atoms in total. The lowest BCUT2D eigenvalue weighted by Gasteiger charge is -2.11. The van der Waals surface area contributed by atoms with Gasteiger partial charge < -0.3 is 15.2 Å². The van der Waals surface area contributed by atoms with Gasteiger partial charge in [0.05, 0.1) is 11.5 Å². The number of nitrogens with one attached hydrogen (secondary N) is 1. The van der Waals surface area contributed by atoms with Crippen molar-refractivity contribution in [3.8, 4) is 5.75 Å². The van der Waals surface area contributed by atoms with Crippen LogP contribution in [0.25, 0.3) is 0 Å². The van der Waals surface area contributed by atoms with Gasteiger partial charge in [-0.3, -0.25) is 9.59 Å². The molecule has 2 rings (SSSR count). The molecule has 0 fully saturated rings. The largest absolute Gasteiger partial charge is 0.484 e. The molecule has 0 aliphatic carbocycles. The highest BCUT2D eigenvalue weighted by Crippen LogP contribution is 2.31. The van der Waals surface area contributed by atoms with Crippen molar-refractivity contribution < 1.29 is 32.6 Å². The zero-order valence-corrected chi connectivity index (χ0v) is 14.4. The molecule has 0 saturated carbocycles. The van der Waals surface area contributed by atoms with Crippen molar-refractivity contribution in [2.45, 2.75) is 19.5 Å². The van der Waals surface area contributed by atoms with Crippen LogP contribution < -0.4 is 10.1 Å². The molecule has 1 amide bonds. The minimum Gasteiger partial charge on any atom is -0.484 e. The Balaban J connectivity index is 1.88. The van der Waals surface area contributed by atoms with Crippen LogP contribution in [0.2, 0.25) is 0 Å². The van der Waals surface area contributed by atoms with Gasteiger partial charge in [0.25, 0.3) is 5.91 Å². The summed E-state index contributed by atoms with van der Waals surface area (Å²) in [5.74, 6) is -2.00. The highest BCUT2D eigenvalue weighted by Gasteiger charge is 2.30. The number of anilines is 1. The molecular formula is C19H18F3NO4. The zero-order valence-electron chi connectivity index (χ0n) is 14.4. The average Bonchev–Trinajstić information content (AvgIpc) is 2.61. The van der Waals surface area contributed by atoms with E-state index in [4.69, 9.17) is 9.84 Å². The molecule has 0 spiro atoms. The standard InChI is InChI=1S/C19H18F3NO4/c1-12(18(25)26)9-13-5-7-15(8-6-13)23-17(24)11-27-16-4-2-3-14(10-16)19(20,21)22/h2-8,10,12H,9,11H2,1H3,(H,23,24)(H,25,26). The van der Waals surface area contributed by atoms with Crippen LogP contribution in [0.15, 0.2) is 48.5 Å². The molecule has 0 saturated heterocycles. The Morgan fingerprint density at radius 2 is 1.81 bits per heavy atom. The molecule has 0 aliphatic heterocycles. The van der Waals surface area contributed by atoms with E-state index in [9.17, 15) is 22.8 Å². The molecular weight excluding hydrogens is 363 g/mol. The first-order chi connectivity index (χ1) is 12.6. The summed E-state index contributed by atoms with van der Waals surface area (Å²) in [7, 11) is 0. The molecule has 1 unspecified atom stereocenters. The van der Waals surface area contributed by atoms with E-state index in [-0.39, 0.29) is 5.75 Å². The number of hydrogen-bond acceptors (Lipinski definition) is 3. The van der Waals surface area contributed by atoms with Gasteiger partial charge in [0.15, 0.2) is 6.61 Å². The van der Waals surface area contributed by atoms with Crippen molar-refractivity contribution >= 4 is 17.6 Å². The molecule has 0 aliphatic rings. The van der Waals surface area contributed by atoms with Crippen molar-refractivity contribution in [1.29, 1.82) is 0 Å². The zero-order chi connectivity index (χ0) is 20.0. The predicted octanol–water partition coefficient (Wildman–Crippen LogP) is 3.99. The fourth-order valence-corrected chi connectivity index (χ4v) is 2.27. The molecule has 1 atom stereocenters. The third-order valence-corrected chi connectivity index (χ3v) is 3.73. The first-order valence-corrected chi connectivity index (χ1v) is 8.07. The summed E-state index contributed by atoms with van der Waals surface area (Å²) in [6, 6.07) is 10.9. The molecule has 0 bridgehead atoms. The molecule has 2 N–H and O–H groups in total. The van der Waals surface area contributed by atoms with Gasteiger partial charge in [0.2, 0.25) is 0 Å². The Labute approximate surface area is 153 Å². The Bertz CT molecular complexity index is 803. The number of carbonyl (C=O) groups excluding carboxylic acids is 1. The van der Waals surface area contributed by atoms with Crippen molar-refractivity contribution in [2.24, 2.45) is 5.92 Å². The van der Waals surface area contributed by atoms with Crippen LogP contribution >= 0.6 is 0 Å². The van der Waals surface area contributed by atoms with Gasteiger partial charge >= 0.3 is 12.1 Å². The second kappa shape index (κ2) is 8.57. The maximum absolute atomic E-state index is 12.6. The van der Waals surface area contributed by atoms with Crippen molar-refractivity contribution in [1.82, 2.24) is 0 Å². The smallest absolute Gasteiger partial charge is 0.416 e. The summed E-state index contributed by atoms with van der Waals surface area (Å²) in [5, 5.41) is 11.5. The molecule has 0 radical (unpaired) electrons. The van der Waals surface area contributed by atoms with Gasteiger partial charge in [-0.05, 0) is 42.3 Å². The fraction of sp³-hybridized carbons (Fsp3) is 0.263. The number of alkyl halides is 3. The van der Waals surface area contributed by atoms with E-state index in [1.165, 1.54) is 12.1 Å². The van der Waals surface area contributed by atoms with Crippen LogP contribution in [-0.2, 0) is 22.2 Å². The van der Waals surface area contributed by atoms with Crippen LogP contribution in [0.5, 0.6) is 5.75 Å². The van der Waals surface area contributed by atoms with Crippen LogP contribution in [0.1, 0.15) is 18.1 Å². The lowest BCUT2D eigenvalue weighted by Crippen LogP contribution is -2.20. The van der Waals surface area contributed by atoms with E-state index in [2.05, 4.69) is 5.32 Å². The van der Waals surface area contributed by atoms with Crippen molar-refractivity contribution in [2.75, 3.05) is 11.9 Å². The highest BCUT2D eigenvalue weighted by atomic mass is 19.4. The molecule has 0 aromatic heterocycles. The van der Waals surface area contributed by atoms with Gasteiger partial charge in [-0.1, -0.05) is 25.1 Å². The SMILES string of the molecule is CC(Cc1ccc(NC(=O)COc2cccc(C(F)(F)F)c2)cc1)C(=O)O. The number of carboxylic acid groups (broad SMARTS) is 1. The number of hydrogen-bond donors (Lipinski definition) is 2. The number of amides is 1. The number of aliphatic carboxylic acids is 1. The molecule has 2 aromatic rings. The second-order valence-corrected chi connectivity index (χ2v) is 6.00. The van der Waals surface area contributed by atoms with E-state index in [0.717, 1.165) is 17.7 Å². The quantitative estimate of drug-likeness (QED) is 0.761. The summed E-state index contributed by atoms with van der Waals surface area (Å²) in [5.41, 5.74) is 0.425. The Hall–Kier alpha value is -3.03. The molecule has 8 heteroatoms. The van der Waals surface area contributed by atoms with Gasteiger partial charge in [-0.2, -0.15) is 13.2 Å². The van der Waals surface area contributed by atoms with E-state index in [0.29, 0.717) is 12.1 Å². The lowest BCUT2D eigenvalue weighted by molar-refractivity contribution is -0.141. The normalized spacial score (nSPS) is 12.3. The minimum atomic E-state index is -4.48. The molecule has 0 heterocycles. The van der Waals surface area contributed by atoms with Crippen LogP contribution in [0, 0.1) is 5.92 Å². The number of ether oxygens (including phenoxy) is 1. The van der Waals surface area contributed by atoms with Gasteiger partial charge in [-0.25, -0.2) is 0 Å². The lowest BCUT2D eigenvalue weighted by atomic mass is 10.0. The Morgan fingerprint density at radius 3 is 2.41 bits per heavy atom. The van der Waals surface area contributed by atoms with Crippen molar-refractivity contribution in [3.63, 3.8) is 0 Å². The maximum Gasteiger partial charge on any atom is 0.416 e. The Morgan fingerprint density at radius 1 is 1.15 bits per heavy atom. The number of carbonyl (C=O) groups is 2. The van der Waals surface area contributed by atoms with Gasteiger partial charge in [0, 0.05) is 5.69 Å². The topological polar surface area (TPSA) is 75.6 Å². The monoisotopic (exact) mass is 381 g/mol. The van der Waals surface area contributed by atoms with Crippen LogP contribution in [0.3, 0.4) is 0 Å². The third kappa shape index (κ3) is 6.32. The van der Waals surface area contributed by atoms with Gasteiger partial charge in [-0.15, -0.1) is 0 Å². The predicted molar refractivity (Wildman–Crippen MR) is 92.5 cm³/mol. The van der Waals surface area contributed by atoms with Gasteiger partial charge in [0.1, 0.15) is 5.75 Å². The summed E-state index contributed by atoms with van der Waals surface area (Å²) >= 11 is 0. The average molecular weight is 381 g/mol. The molecule has 27 heavy (non-hydrogen) atoms. The Kier molecular flexibility index (Phi) is 6.44. The third-order valence-electron chi connectivity index (χ3n) is 3.73. The van der Waals surface area contributed by atoms with E-state index < -0.39 is 36.1 Å². The number of carboxylic acids is 1. The molecule has 2 aromatic carbocycles. The van der Waals surface area contributed by atoms with E-state index in [1.54, 1.807) is 31.2 Å². The van der Waals surface area contributed by atoms with E-state index in [1.807, 2.05) is 0 Å². The number of rotatable bonds is 7. The van der Waals surface area contributed by atoms with Crippen LogP contribution in [-0.4, -0.2) is 23.6 Å². The van der Waals surface area contributed by atoms with Crippen LogP contribution in [0.4, 0.5) is 18.9 Å². The summed E-state index contributed by atoms with van der Waals surface area (Å²) in [6.07, 6.45) is -4.12. The fourth-order valence-electron chi connectivity index (χ4n) is 2.27. The summed E-state index contributed by atoms with van der Waals surface area (Å²) < 4.78 is 43.0. The number of benzene rings is 2. The first-order valence-electron chi connectivity index (χ1n) is 8.07. The number of halogens is 3.